The summed E-state index contributed by atoms with van der Waals surface area (Å²) in [5.41, 5.74) is 5.17. The molecule has 1 amide bonds. The van der Waals surface area contributed by atoms with E-state index in [1.165, 1.54) is 90.9 Å². The minimum atomic E-state index is -0.604. The van der Waals surface area contributed by atoms with Crippen LogP contribution < -0.4 is 10.6 Å². The summed E-state index contributed by atoms with van der Waals surface area (Å²) in [6.45, 7) is 105. The fourth-order valence-corrected chi connectivity index (χ4v) is 9.63. The normalized spacial score (nSPS) is 18.3. The number of hydrogen-bond acceptors (Lipinski definition) is 9. The second kappa shape index (κ2) is 47.7. The Balaban J connectivity index is -0.000000246. The first-order chi connectivity index (χ1) is 44.3. The number of carbonyl (C=O) groups excluding carboxylic acids is 2. The lowest BCUT2D eigenvalue weighted by Crippen LogP contribution is -2.49. The third-order valence-electron chi connectivity index (χ3n) is 19.7. The third kappa shape index (κ3) is 78.3. The maximum atomic E-state index is 11.5. The van der Waals surface area contributed by atoms with Crippen molar-refractivity contribution >= 4 is 11.7 Å². The summed E-state index contributed by atoms with van der Waals surface area (Å²) in [5.74, 6) is 4.20. The highest BCUT2D eigenvalue weighted by atomic mass is 16.3. The molecule has 4 aliphatic heterocycles. The summed E-state index contributed by atoms with van der Waals surface area (Å²) in [7, 11) is 15.0. The van der Waals surface area contributed by atoms with Gasteiger partial charge < -0.3 is 40.2 Å². The van der Waals surface area contributed by atoms with Gasteiger partial charge in [0.2, 0.25) is 5.91 Å². The molecule has 2 saturated carbocycles. The minimum absolute atomic E-state index is 0.0202. The number of nitrogens with one attached hydrogen (secondary N) is 2. The average molecular weight is 1440 g/mol. The number of nitrogens with zero attached hydrogens (tertiary/aromatic N) is 5. The second-order valence-corrected chi connectivity index (χ2v) is 47.2. The van der Waals surface area contributed by atoms with Crippen molar-refractivity contribution in [1.29, 1.82) is 0 Å². The zero-order valence-corrected chi connectivity index (χ0v) is 79.1. The topological polar surface area (TPSA) is 94.6 Å². The zero-order chi connectivity index (χ0) is 82.0. The number of hydrogen-bond donors (Lipinski definition) is 3. The highest BCUT2D eigenvalue weighted by Gasteiger charge is 2.40. The molecule has 4 saturated heterocycles. The lowest BCUT2D eigenvalue weighted by molar-refractivity contribution is -0.125. The van der Waals surface area contributed by atoms with Crippen molar-refractivity contribution in [2.24, 2.45) is 94.1 Å². The Morgan fingerprint density at radius 2 is 0.634 bits per heavy atom. The van der Waals surface area contributed by atoms with Gasteiger partial charge in [0.05, 0.1) is 5.60 Å². The Morgan fingerprint density at radius 1 is 0.396 bits per heavy atom. The number of carbonyl (C=O) groups is 2. The molecule has 0 bridgehead atoms. The first-order valence-corrected chi connectivity index (χ1v) is 40.9. The monoisotopic (exact) mass is 1440 g/mol. The van der Waals surface area contributed by atoms with E-state index in [1.807, 2.05) is 20.8 Å². The molecule has 4 heterocycles. The van der Waals surface area contributed by atoms with Crippen LogP contribution in [0.25, 0.3) is 0 Å². The molecule has 6 fully saturated rings. The van der Waals surface area contributed by atoms with Crippen molar-refractivity contribution in [2.45, 2.75) is 367 Å². The van der Waals surface area contributed by atoms with Crippen LogP contribution in [0.5, 0.6) is 0 Å². The summed E-state index contributed by atoms with van der Waals surface area (Å²) >= 11 is 0. The molecule has 0 atom stereocenters. The number of rotatable bonds is 8. The zero-order valence-electron chi connectivity index (χ0n) is 79.1. The molecule has 3 N–H and O–H groups in total. The van der Waals surface area contributed by atoms with E-state index >= 15 is 0 Å². The van der Waals surface area contributed by atoms with Crippen molar-refractivity contribution in [3.05, 3.63) is 0 Å². The van der Waals surface area contributed by atoms with Gasteiger partial charge in [-0.15, -0.1) is 0 Å². The number of ketones is 1. The predicted octanol–water partition coefficient (Wildman–Crippen LogP) is 23.6. The molecule has 0 aromatic carbocycles. The van der Waals surface area contributed by atoms with Crippen LogP contribution in [0, 0.1) is 94.1 Å². The van der Waals surface area contributed by atoms with Gasteiger partial charge in [0.25, 0.3) is 0 Å². The van der Waals surface area contributed by atoms with Crippen molar-refractivity contribution < 1.29 is 14.7 Å². The Bertz CT molecular complexity index is 1880. The summed E-state index contributed by atoms with van der Waals surface area (Å²) in [4.78, 5) is 34.5. The van der Waals surface area contributed by atoms with Gasteiger partial charge in [-0.2, -0.15) is 0 Å². The smallest absolute Gasteiger partial charge is 0.220 e. The minimum Gasteiger partial charge on any atom is -0.388 e. The Labute approximate surface area is 640 Å². The lowest BCUT2D eigenvalue weighted by atomic mass is 9.76. The first kappa shape index (κ1) is 111. The molecule has 0 unspecified atom stereocenters. The van der Waals surface area contributed by atoms with Gasteiger partial charge in [0.1, 0.15) is 5.78 Å². The highest BCUT2D eigenvalue weighted by molar-refractivity contribution is 5.80. The van der Waals surface area contributed by atoms with Gasteiger partial charge in [0.15, 0.2) is 0 Å². The van der Waals surface area contributed by atoms with E-state index in [9.17, 15) is 14.7 Å². The molecule has 0 aromatic rings. The maximum Gasteiger partial charge on any atom is 0.220 e. The molecule has 10 heteroatoms. The molecule has 0 aromatic heterocycles. The summed E-state index contributed by atoms with van der Waals surface area (Å²) in [6.07, 6.45) is 12.4. The standard InChI is InChI=1S/C11H21NO2.C11H20O.3C8H17N.C7H15N.2C7H17N.4C6H14/c1-10(2,3)7-9(13)12-8-11(14)5-4-6-11;1-10(2,3)7-9(12)8-11(4)5-6-11;3*1-8(2,3)7-5-9(4)6-7;1-7(2,3)6-4-8-5-6;2*1-7(2,3)6-8(4)5;4*1-5-6(2,3)4/h14H,4-8H2,1-3H3,(H,12,13);5-8H2,1-4H3;3*7H,5-6H2,1-4H3;6,8H,4-5H2,1-3H3;2*6H2,1-5H3;4*5H2,1-4H3. The number of aliphatic hydroxyl groups is 1. The fraction of sp³-hybridized carbons (Fsp3) is 0.978. The van der Waals surface area contributed by atoms with E-state index in [0.29, 0.717) is 78.3 Å². The quantitative estimate of drug-likeness (QED) is 0.220. The number of amides is 1. The van der Waals surface area contributed by atoms with Gasteiger partial charge in [-0.1, -0.05) is 310 Å². The molecular formula is C91H197N7O3. The molecule has 10 nitrogen and oxygen atoms in total. The van der Waals surface area contributed by atoms with Crippen LogP contribution in [0.2, 0.25) is 0 Å². The van der Waals surface area contributed by atoms with Crippen LogP contribution in [0.3, 0.4) is 0 Å². The van der Waals surface area contributed by atoms with Gasteiger partial charge in [-0.25, -0.2) is 0 Å². The Hall–Kier alpha value is -1.14. The van der Waals surface area contributed by atoms with Crippen molar-refractivity contribution in [1.82, 2.24) is 35.1 Å². The molecule has 0 radical (unpaired) electrons. The summed E-state index contributed by atoms with van der Waals surface area (Å²) in [6, 6.07) is 0. The van der Waals surface area contributed by atoms with Crippen LogP contribution in [0.4, 0.5) is 0 Å². The highest BCUT2D eigenvalue weighted by Crippen LogP contribution is 2.49. The van der Waals surface area contributed by atoms with Crippen molar-refractivity contribution in [2.75, 3.05) is 121 Å². The average Bonchev–Trinajstić information content (AvgIpc) is 1.80. The molecule has 6 aliphatic rings. The number of Topliss-reactive ketones (excluding diaryl/α,β-unsaturated/α-hetero) is 1. The van der Waals surface area contributed by atoms with Crippen molar-refractivity contribution in [3.8, 4) is 0 Å². The van der Waals surface area contributed by atoms with Crippen LogP contribution in [0.15, 0.2) is 0 Å². The molecular weight excluding hydrogens is 1240 g/mol. The van der Waals surface area contributed by atoms with E-state index in [4.69, 9.17) is 0 Å². The molecule has 101 heavy (non-hydrogen) atoms. The Morgan fingerprint density at radius 3 is 0.733 bits per heavy atom. The number of likely N-dealkylation sites (tertiary alicyclic amines) is 3. The largest absolute Gasteiger partial charge is 0.388 e. The van der Waals surface area contributed by atoms with E-state index in [2.05, 4.69) is 348 Å². The van der Waals surface area contributed by atoms with Crippen molar-refractivity contribution in [3.63, 3.8) is 0 Å². The molecule has 2 aliphatic carbocycles. The maximum absolute atomic E-state index is 11.5. The van der Waals surface area contributed by atoms with Gasteiger partial charge in [-0.3, -0.25) is 9.59 Å². The SMILES string of the molecule is CC(C)(C)C1CNC1.CC(C)(C)CC(=O)CC1(C)CC1.CC(C)(C)CC(=O)NCC1(O)CCC1.CCC(C)(C)C.CCC(C)(C)C.CCC(C)(C)C.CCC(C)(C)C.CN(C)CC(C)(C)C.CN(C)CC(C)(C)C.CN1CC(C(C)(C)C)C1.CN1CC(C(C)(C)C)C1.CN1CC(C(C)(C)C)C1. The third-order valence-corrected chi connectivity index (χ3v) is 19.7. The predicted molar refractivity (Wildman–Crippen MR) is 459 cm³/mol. The molecule has 0 spiro atoms. The van der Waals surface area contributed by atoms with E-state index in [-0.39, 0.29) is 16.7 Å². The van der Waals surface area contributed by atoms with E-state index < -0.39 is 5.60 Å². The molecule has 6 rings (SSSR count). The van der Waals surface area contributed by atoms with Gasteiger partial charge in [0, 0.05) is 78.2 Å². The fourth-order valence-electron chi connectivity index (χ4n) is 9.63. The van der Waals surface area contributed by atoms with E-state index in [1.54, 1.807) is 0 Å². The van der Waals surface area contributed by atoms with Gasteiger partial charge >= 0.3 is 0 Å². The van der Waals surface area contributed by atoms with E-state index in [0.717, 1.165) is 68.9 Å². The summed E-state index contributed by atoms with van der Waals surface area (Å²) in [5, 5.41) is 15.8. The van der Waals surface area contributed by atoms with Gasteiger partial charge in [-0.05, 0) is 189 Å². The Kier molecular flexibility index (Phi) is 52.3. The molecule has 614 valence electrons. The lowest BCUT2D eigenvalue weighted by Gasteiger charge is -2.44. The van der Waals surface area contributed by atoms with Crippen LogP contribution in [0.1, 0.15) is 361 Å². The van der Waals surface area contributed by atoms with Crippen LogP contribution in [-0.4, -0.2) is 168 Å². The second-order valence-electron chi connectivity index (χ2n) is 47.2. The van der Waals surface area contributed by atoms with Crippen LogP contribution in [-0.2, 0) is 9.59 Å². The first-order valence-electron chi connectivity index (χ1n) is 40.9. The summed E-state index contributed by atoms with van der Waals surface area (Å²) < 4.78 is 0. The van der Waals surface area contributed by atoms with Crippen LogP contribution >= 0.6 is 0 Å².